The highest BCUT2D eigenvalue weighted by molar-refractivity contribution is 9.13. The molecule has 0 bridgehead atoms. The smallest absolute Gasteiger partial charge is 0.247 e. The third kappa shape index (κ3) is 2.57. The predicted octanol–water partition coefficient (Wildman–Crippen LogP) is 7.12. The average molecular weight is 558 g/mol. The number of fused-ring (bicyclic) bond motifs is 4. The summed E-state index contributed by atoms with van der Waals surface area (Å²) < 4.78 is 4.48. The molecule has 29 heavy (non-hydrogen) atoms. The Morgan fingerprint density at radius 3 is 2.55 bits per heavy atom. The van der Waals surface area contributed by atoms with Crippen molar-refractivity contribution >= 4 is 70.4 Å². The molecule has 0 N–H and O–H groups in total. The van der Waals surface area contributed by atoms with Crippen molar-refractivity contribution in [2.75, 3.05) is 11.5 Å². The zero-order valence-corrected chi connectivity index (χ0v) is 21.0. The fourth-order valence-electron chi connectivity index (χ4n) is 4.65. The first-order chi connectivity index (χ1) is 13.8. The van der Waals surface area contributed by atoms with Gasteiger partial charge < -0.3 is 4.84 Å². The second kappa shape index (κ2) is 6.74. The Kier molecular flexibility index (Phi) is 4.63. The van der Waals surface area contributed by atoms with Crippen LogP contribution < -0.4 is 0 Å². The average Bonchev–Trinajstić information content (AvgIpc) is 3.26. The topological polar surface area (TPSA) is 39.4 Å². The van der Waals surface area contributed by atoms with Crippen molar-refractivity contribution in [1.29, 1.82) is 0 Å². The number of aromatic nitrogens is 2. The van der Waals surface area contributed by atoms with Crippen LogP contribution in [0.1, 0.15) is 37.2 Å². The number of benzene rings is 2. The van der Waals surface area contributed by atoms with Crippen LogP contribution >= 0.6 is 53.7 Å². The van der Waals surface area contributed by atoms with Gasteiger partial charge in [-0.2, -0.15) is 0 Å². The molecule has 5 rings (SSSR count). The molecule has 8 heteroatoms. The standard InChI is InChI=1S/C21H20Br2ClN3OS/c1-4-29(5-2)21(11-18(26-28-21)13-6-12(3)7-14(24)8-13)20-25-17-9-15(22)16(23)10-19(17)27(20)29/h6-10H,4-5,11H2,1-3H3. The van der Waals surface area contributed by atoms with Gasteiger partial charge in [0.2, 0.25) is 4.93 Å². The van der Waals surface area contributed by atoms with Crippen LogP contribution in [-0.2, 0) is 9.77 Å². The van der Waals surface area contributed by atoms with E-state index in [1.165, 1.54) is 0 Å². The molecule has 1 atom stereocenters. The number of oxime groups is 1. The molecule has 2 aliphatic rings. The molecular formula is C21H20Br2ClN3OS. The number of hydrogen-bond donors (Lipinski definition) is 0. The summed E-state index contributed by atoms with van der Waals surface area (Å²) in [6.07, 6.45) is 0.732. The van der Waals surface area contributed by atoms with Gasteiger partial charge in [0.15, 0.2) is 5.82 Å². The summed E-state index contributed by atoms with van der Waals surface area (Å²) in [6, 6.07) is 10.3. The van der Waals surface area contributed by atoms with Crippen molar-refractivity contribution in [3.63, 3.8) is 0 Å². The summed E-state index contributed by atoms with van der Waals surface area (Å²) in [7, 11) is -1.30. The molecule has 0 fully saturated rings. The van der Waals surface area contributed by atoms with Gasteiger partial charge >= 0.3 is 0 Å². The van der Waals surface area contributed by atoms with E-state index in [2.05, 4.69) is 73.0 Å². The van der Waals surface area contributed by atoms with Gasteiger partial charge in [-0.3, -0.25) is 3.97 Å². The van der Waals surface area contributed by atoms with Crippen LogP contribution in [0.2, 0.25) is 5.02 Å². The first-order valence-corrected chi connectivity index (χ1v) is 13.4. The maximum atomic E-state index is 6.31. The molecule has 2 aliphatic heterocycles. The summed E-state index contributed by atoms with van der Waals surface area (Å²) >= 11 is 13.6. The van der Waals surface area contributed by atoms with Crippen molar-refractivity contribution < 1.29 is 4.84 Å². The first-order valence-electron chi connectivity index (χ1n) is 9.54. The van der Waals surface area contributed by atoms with Crippen molar-refractivity contribution in [3.05, 3.63) is 61.3 Å². The number of imidazole rings is 1. The molecule has 0 amide bonds. The van der Waals surface area contributed by atoms with Crippen molar-refractivity contribution in [1.82, 2.24) is 8.96 Å². The van der Waals surface area contributed by atoms with Gasteiger partial charge in [-0.05, 0) is 86.2 Å². The van der Waals surface area contributed by atoms with Crippen molar-refractivity contribution in [3.8, 4) is 0 Å². The van der Waals surface area contributed by atoms with Crippen LogP contribution in [0.15, 0.2) is 44.4 Å². The maximum absolute atomic E-state index is 6.31. The van der Waals surface area contributed by atoms with E-state index in [1.807, 2.05) is 19.1 Å². The van der Waals surface area contributed by atoms with Gasteiger partial charge in [-0.25, -0.2) is 4.98 Å². The summed E-state index contributed by atoms with van der Waals surface area (Å²) in [5, 5.41) is 5.29. The summed E-state index contributed by atoms with van der Waals surface area (Å²) in [5.41, 5.74) is 5.26. The van der Waals surface area contributed by atoms with E-state index in [0.29, 0.717) is 0 Å². The van der Waals surface area contributed by atoms with Crippen molar-refractivity contribution in [2.45, 2.75) is 32.1 Å². The van der Waals surface area contributed by atoms with E-state index in [1.54, 1.807) is 0 Å². The van der Waals surface area contributed by atoms with E-state index in [9.17, 15) is 0 Å². The molecule has 3 aromatic rings. The van der Waals surface area contributed by atoms with Crippen LogP contribution in [0.3, 0.4) is 0 Å². The Morgan fingerprint density at radius 1 is 1.14 bits per heavy atom. The van der Waals surface area contributed by atoms with Crippen LogP contribution in [0.4, 0.5) is 0 Å². The minimum Gasteiger partial charge on any atom is -0.369 e. The van der Waals surface area contributed by atoms with E-state index >= 15 is 0 Å². The molecule has 1 unspecified atom stereocenters. The molecule has 0 saturated heterocycles. The second-order valence-electron chi connectivity index (χ2n) is 7.48. The highest BCUT2D eigenvalue weighted by atomic mass is 79.9. The molecule has 2 aromatic carbocycles. The van der Waals surface area contributed by atoms with E-state index in [4.69, 9.17) is 21.4 Å². The minimum atomic E-state index is -1.30. The number of nitrogens with zero attached hydrogens (tertiary/aromatic N) is 3. The Morgan fingerprint density at radius 2 is 1.86 bits per heavy atom. The van der Waals surface area contributed by atoms with Gasteiger partial charge in [-0.1, -0.05) is 30.6 Å². The van der Waals surface area contributed by atoms with E-state index < -0.39 is 15.1 Å². The van der Waals surface area contributed by atoms with Crippen LogP contribution in [0, 0.1) is 6.92 Å². The molecule has 152 valence electrons. The van der Waals surface area contributed by atoms with Gasteiger partial charge in [-0.15, -0.1) is 10.2 Å². The normalized spacial score (nSPS) is 22.9. The third-order valence-electron chi connectivity index (χ3n) is 5.99. The Balaban J connectivity index is 1.66. The quantitative estimate of drug-likeness (QED) is 0.344. The first kappa shape index (κ1) is 19.9. The second-order valence-corrected chi connectivity index (χ2v) is 13.5. The SMILES string of the molecule is CCS1(CC)n2c(nc3cc(Br)c(Br)cc32)C12CC(c1cc(C)cc(Cl)c1)=NO2. The molecular weight excluding hydrogens is 538 g/mol. The number of rotatable bonds is 3. The Hall–Kier alpha value is -1.02. The monoisotopic (exact) mass is 555 g/mol. The molecule has 0 saturated carbocycles. The third-order valence-corrected chi connectivity index (χ3v) is 12.7. The number of aryl methyl sites for hydroxylation is 1. The van der Waals surface area contributed by atoms with E-state index in [0.717, 1.165) is 65.6 Å². The van der Waals surface area contributed by atoms with Gasteiger partial charge in [0.1, 0.15) is 0 Å². The molecule has 0 aliphatic carbocycles. The van der Waals surface area contributed by atoms with Crippen molar-refractivity contribution in [2.24, 2.45) is 5.16 Å². The predicted molar refractivity (Wildman–Crippen MR) is 129 cm³/mol. The van der Waals surface area contributed by atoms with Crippen LogP contribution in [0.5, 0.6) is 0 Å². The highest BCUT2D eigenvalue weighted by Gasteiger charge is 2.66. The van der Waals surface area contributed by atoms with Crippen LogP contribution in [0.25, 0.3) is 11.0 Å². The fraction of sp³-hybridized carbons (Fsp3) is 0.333. The van der Waals surface area contributed by atoms with Gasteiger partial charge in [0.05, 0.1) is 23.2 Å². The van der Waals surface area contributed by atoms with E-state index in [-0.39, 0.29) is 0 Å². The summed E-state index contributed by atoms with van der Waals surface area (Å²) in [4.78, 5) is 10.9. The zero-order valence-electron chi connectivity index (χ0n) is 16.3. The summed E-state index contributed by atoms with van der Waals surface area (Å²) in [6.45, 7) is 6.57. The number of hydrogen-bond acceptors (Lipinski definition) is 3. The van der Waals surface area contributed by atoms with Crippen LogP contribution in [-0.4, -0.2) is 26.2 Å². The molecule has 1 aromatic heterocycles. The number of halogens is 3. The molecule has 0 radical (unpaired) electrons. The highest BCUT2D eigenvalue weighted by Crippen LogP contribution is 2.76. The molecule has 1 spiro atoms. The lowest BCUT2D eigenvalue weighted by atomic mass is 10.0. The Bertz CT molecular complexity index is 1180. The lowest BCUT2D eigenvalue weighted by Crippen LogP contribution is -2.50. The molecule has 4 nitrogen and oxygen atoms in total. The zero-order chi connectivity index (χ0) is 20.6. The van der Waals surface area contributed by atoms with Gasteiger partial charge in [0.25, 0.3) is 0 Å². The lowest BCUT2D eigenvalue weighted by molar-refractivity contribution is 0.0324. The fourth-order valence-corrected chi connectivity index (χ4v) is 9.72. The van der Waals surface area contributed by atoms with Gasteiger partial charge in [0, 0.05) is 19.5 Å². The largest absolute Gasteiger partial charge is 0.369 e. The Labute approximate surface area is 193 Å². The summed E-state index contributed by atoms with van der Waals surface area (Å²) in [5.74, 6) is 3.04. The minimum absolute atomic E-state index is 0.458. The molecule has 3 heterocycles. The lowest BCUT2D eigenvalue weighted by Gasteiger charge is -2.59. The maximum Gasteiger partial charge on any atom is 0.247 e.